The van der Waals surface area contributed by atoms with Crippen molar-refractivity contribution in [3.8, 4) is 11.3 Å². The fraction of sp³-hybridized carbons (Fsp3) is 0.130. The smallest absolute Gasteiger partial charge is 0.326 e. The van der Waals surface area contributed by atoms with Gasteiger partial charge < -0.3 is 16.0 Å². The third kappa shape index (κ3) is 4.51. The topological polar surface area (TPSA) is 139 Å². The summed E-state index contributed by atoms with van der Waals surface area (Å²) in [4.78, 5) is 39.9. The Kier molecular flexibility index (Phi) is 5.71. The summed E-state index contributed by atoms with van der Waals surface area (Å²) >= 11 is 0. The van der Waals surface area contributed by atoms with Crippen molar-refractivity contribution in [1.82, 2.24) is 25.1 Å². The number of amides is 1. The van der Waals surface area contributed by atoms with E-state index in [0.717, 1.165) is 22.4 Å². The molecule has 1 atom stereocenters. The van der Waals surface area contributed by atoms with Crippen LogP contribution in [0.15, 0.2) is 76.4 Å². The molecule has 0 aliphatic heterocycles. The Labute approximate surface area is 182 Å². The molecule has 0 saturated carbocycles. The fourth-order valence-electron chi connectivity index (χ4n) is 3.37. The number of nitrogens with zero attached hydrogens (tertiary/aromatic N) is 2. The molecule has 4 aromatic rings. The van der Waals surface area contributed by atoms with Crippen LogP contribution in [-0.4, -0.2) is 25.7 Å². The van der Waals surface area contributed by atoms with Crippen LogP contribution in [0, 0.1) is 0 Å². The number of H-pyrrole nitrogens is 2. The largest absolute Gasteiger partial charge is 0.392 e. The zero-order valence-electron chi connectivity index (χ0n) is 17.3. The summed E-state index contributed by atoms with van der Waals surface area (Å²) in [6.45, 7) is 2.47. The summed E-state index contributed by atoms with van der Waals surface area (Å²) in [5, 5.41) is 7.41. The predicted molar refractivity (Wildman–Crippen MR) is 121 cm³/mol. The lowest BCUT2D eigenvalue weighted by atomic mass is 10.0. The number of nitrogen functional groups attached to an aromatic ring is 1. The standard InChI is InChI=1S/C23H22N6O3/c1-14(25-22(31)20-19(24)21(30)27-23(32)26-20)16-8-5-9-17(12-16)18-10-11-29(28-18)13-15-6-3-2-4-7-15/h2-12,14H,13,24H2,1H3,(H,25,31)(H2,26,27,30,32). The molecular weight excluding hydrogens is 408 g/mol. The minimum Gasteiger partial charge on any atom is -0.392 e. The monoisotopic (exact) mass is 430 g/mol. The summed E-state index contributed by atoms with van der Waals surface area (Å²) in [5.41, 5.74) is 7.14. The van der Waals surface area contributed by atoms with Crippen molar-refractivity contribution in [2.75, 3.05) is 5.73 Å². The van der Waals surface area contributed by atoms with Crippen LogP contribution in [0.4, 0.5) is 5.69 Å². The molecule has 32 heavy (non-hydrogen) atoms. The van der Waals surface area contributed by atoms with Crippen LogP contribution < -0.4 is 22.3 Å². The van der Waals surface area contributed by atoms with Crippen molar-refractivity contribution in [3.05, 3.63) is 105 Å². The Morgan fingerprint density at radius 1 is 1.09 bits per heavy atom. The Morgan fingerprint density at radius 2 is 1.88 bits per heavy atom. The molecule has 9 nitrogen and oxygen atoms in total. The number of rotatable bonds is 6. The summed E-state index contributed by atoms with van der Waals surface area (Å²) in [7, 11) is 0. The molecule has 0 bridgehead atoms. The first-order valence-corrected chi connectivity index (χ1v) is 10.0. The second kappa shape index (κ2) is 8.76. The highest BCUT2D eigenvalue weighted by Gasteiger charge is 2.17. The number of aromatic amines is 2. The van der Waals surface area contributed by atoms with E-state index in [9.17, 15) is 14.4 Å². The van der Waals surface area contributed by atoms with Gasteiger partial charge in [-0.05, 0) is 30.2 Å². The molecule has 0 spiro atoms. The fourth-order valence-corrected chi connectivity index (χ4v) is 3.37. The van der Waals surface area contributed by atoms with E-state index >= 15 is 0 Å². The number of anilines is 1. The van der Waals surface area contributed by atoms with E-state index in [1.807, 2.05) is 76.5 Å². The molecule has 9 heteroatoms. The Bertz CT molecular complexity index is 1370. The van der Waals surface area contributed by atoms with Crippen LogP contribution in [0.5, 0.6) is 0 Å². The van der Waals surface area contributed by atoms with E-state index < -0.39 is 23.2 Å². The van der Waals surface area contributed by atoms with Crippen LogP contribution >= 0.6 is 0 Å². The van der Waals surface area contributed by atoms with Gasteiger partial charge in [-0.2, -0.15) is 5.10 Å². The van der Waals surface area contributed by atoms with Gasteiger partial charge >= 0.3 is 5.69 Å². The molecule has 0 fully saturated rings. The quantitative estimate of drug-likeness (QED) is 0.371. The molecule has 0 aliphatic carbocycles. The van der Waals surface area contributed by atoms with E-state index in [1.165, 1.54) is 0 Å². The zero-order chi connectivity index (χ0) is 22.7. The van der Waals surface area contributed by atoms with Gasteiger partial charge in [-0.25, -0.2) is 4.79 Å². The highest BCUT2D eigenvalue weighted by molar-refractivity contribution is 5.97. The number of benzene rings is 2. The lowest BCUT2D eigenvalue weighted by Gasteiger charge is -2.15. The van der Waals surface area contributed by atoms with E-state index in [4.69, 9.17) is 5.73 Å². The maximum absolute atomic E-state index is 12.6. The second-order valence-electron chi connectivity index (χ2n) is 7.40. The summed E-state index contributed by atoms with van der Waals surface area (Å²) in [6.07, 6.45) is 1.92. The highest BCUT2D eigenvalue weighted by atomic mass is 16.2. The van der Waals surface area contributed by atoms with Gasteiger partial charge in [-0.1, -0.05) is 48.5 Å². The van der Waals surface area contributed by atoms with Gasteiger partial charge in [0.2, 0.25) is 0 Å². The second-order valence-corrected chi connectivity index (χ2v) is 7.40. The van der Waals surface area contributed by atoms with Gasteiger partial charge in [0.05, 0.1) is 18.3 Å². The third-order valence-electron chi connectivity index (χ3n) is 5.06. The van der Waals surface area contributed by atoms with Crippen molar-refractivity contribution >= 4 is 11.6 Å². The van der Waals surface area contributed by atoms with E-state index in [1.54, 1.807) is 6.92 Å². The number of hydrogen-bond acceptors (Lipinski definition) is 5. The first-order chi connectivity index (χ1) is 15.4. The third-order valence-corrected chi connectivity index (χ3v) is 5.06. The summed E-state index contributed by atoms with van der Waals surface area (Å²) in [5.74, 6) is -0.643. The maximum atomic E-state index is 12.6. The first kappa shape index (κ1) is 20.9. The normalized spacial score (nSPS) is 11.8. The Balaban J connectivity index is 1.51. The molecule has 162 valence electrons. The van der Waals surface area contributed by atoms with Crippen molar-refractivity contribution in [2.45, 2.75) is 19.5 Å². The van der Waals surface area contributed by atoms with Gasteiger partial charge in [0, 0.05) is 11.8 Å². The molecule has 4 rings (SSSR count). The zero-order valence-corrected chi connectivity index (χ0v) is 17.3. The minimum atomic E-state index is -0.806. The maximum Gasteiger partial charge on any atom is 0.326 e. The van der Waals surface area contributed by atoms with Gasteiger partial charge in [0.25, 0.3) is 11.5 Å². The van der Waals surface area contributed by atoms with Crippen LogP contribution in [0.1, 0.15) is 34.6 Å². The number of nitrogens with one attached hydrogen (secondary N) is 3. The van der Waals surface area contributed by atoms with Crippen LogP contribution in [0.2, 0.25) is 0 Å². The van der Waals surface area contributed by atoms with E-state index in [2.05, 4.69) is 15.4 Å². The van der Waals surface area contributed by atoms with Gasteiger partial charge in [0.1, 0.15) is 11.4 Å². The average Bonchev–Trinajstić information content (AvgIpc) is 3.25. The van der Waals surface area contributed by atoms with Crippen LogP contribution in [0.3, 0.4) is 0 Å². The molecule has 1 amide bonds. The van der Waals surface area contributed by atoms with Crippen molar-refractivity contribution in [2.24, 2.45) is 0 Å². The SMILES string of the molecule is CC(NC(=O)c1[nH]c(=O)[nH]c(=O)c1N)c1cccc(-c2ccn(Cc3ccccc3)n2)c1. The van der Waals surface area contributed by atoms with E-state index in [-0.39, 0.29) is 11.4 Å². The van der Waals surface area contributed by atoms with Crippen molar-refractivity contribution < 1.29 is 4.79 Å². The minimum absolute atomic E-state index is 0.263. The van der Waals surface area contributed by atoms with Crippen LogP contribution in [0.25, 0.3) is 11.3 Å². The Hall–Kier alpha value is -4.40. The van der Waals surface area contributed by atoms with E-state index in [0.29, 0.717) is 6.54 Å². The van der Waals surface area contributed by atoms with Gasteiger partial charge in [-0.15, -0.1) is 0 Å². The van der Waals surface area contributed by atoms with Crippen LogP contribution in [-0.2, 0) is 6.54 Å². The lowest BCUT2D eigenvalue weighted by Crippen LogP contribution is -2.34. The average molecular weight is 430 g/mol. The molecule has 2 aromatic carbocycles. The van der Waals surface area contributed by atoms with Gasteiger partial charge in [-0.3, -0.25) is 19.3 Å². The molecular formula is C23H22N6O3. The summed E-state index contributed by atoms with van der Waals surface area (Å²) < 4.78 is 1.87. The van der Waals surface area contributed by atoms with Crippen molar-refractivity contribution in [1.29, 1.82) is 0 Å². The molecule has 5 N–H and O–H groups in total. The van der Waals surface area contributed by atoms with Crippen molar-refractivity contribution in [3.63, 3.8) is 0 Å². The number of aromatic nitrogens is 4. The number of carbonyl (C=O) groups excluding carboxylic acids is 1. The molecule has 2 aromatic heterocycles. The molecule has 1 unspecified atom stereocenters. The van der Waals surface area contributed by atoms with Gasteiger partial charge in [0.15, 0.2) is 0 Å². The molecule has 2 heterocycles. The lowest BCUT2D eigenvalue weighted by molar-refractivity contribution is 0.0935. The number of nitrogens with two attached hydrogens (primary N) is 1. The highest BCUT2D eigenvalue weighted by Crippen LogP contribution is 2.22. The summed E-state index contributed by atoms with van der Waals surface area (Å²) in [6, 6.07) is 19.2. The first-order valence-electron chi connectivity index (χ1n) is 10.0. The predicted octanol–water partition coefficient (Wildman–Crippen LogP) is 2.05. The molecule has 0 saturated heterocycles. The Morgan fingerprint density at radius 3 is 2.66 bits per heavy atom. The number of carbonyl (C=O) groups is 1. The molecule has 0 aliphatic rings. The molecule has 0 radical (unpaired) electrons. The number of hydrogen-bond donors (Lipinski definition) is 4.